The van der Waals surface area contributed by atoms with Crippen LogP contribution in [0.3, 0.4) is 0 Å². The molecule has 31 heavy (non-hydrogen) atoms. The Hall–Kier alpha value is -3.04. The maximum absolute atomic E-state index is 13.3. The molecule has 0 aromatic heterocycles. The molecular formula is C24H27ClN4O2. The highest BCUT2D eigenvalue weighted by Crippen LogP contribution is 2.19. The summed E-state index contributed by atoms with van der Waals surface area (Å²) in [5, 5.41) is 12.4. The van der Waals surface area contributed by atoms with Crippen molar-refractivity contribution in [3.63, 3.8) is 0 Å². The molecule has 162 valence electrons. The lowest BCUT2D eigenvalue weighted by molar-refractivity contribution is -0.134. The van der Waals surface area contributed by atoms with Crippen LogP contribution in [0.2, 0.25) is 5.02 Å². The number of amides is 2. The van der Waals surface area contributed by atoms with Crippen LogP contribution in [0, 0.1) is 17.2 Å². The number of halogens is 1. The van der Waals surface area contributed by atoms with Crippen LogP contribution in [0.5, 0.6) is 0 Å². The average Bonchev–Trinajstić information content (AvgIpc) is 3.03. The first-order valence-corrected chi connectivity index (χ1v) is 10.9. The topological polar surface area (TPSA) is 76.4 Å². The van der Waals surface area contributed by atoms with Crippen LogP contribution in [0.4, 0.5) is 5.69 Å². The fourth-order valence-electron chi connectivity index (χ4n) is 3.68. The van der Waals surface area contributed by atoms with Crippen LogP contribution in [0.25, 0.3) is 0 Å². The molecule has 3 rings (SSSR count). The Morgan fingerprint density at radius 2 is 1.68 bits per heavy atom. The second-order valence-electron chi connectivity index (χ2n) is 8.03. The van der Waals surface area contributed by atoms with E-state index in [0.29, 0.717) is 35.8 Å². The van der Waals surface area contributed by atoms with Crippen molar-refractivity contribution >= 4 is 29.1 Å². The molecule has 1 N–H and O–H groups in total. The zero-order valence-corrected chi connectivity index (χ0v) is 18.6. The molecule has 2 aromatic carbocycles. The summed E-state index contributed by atoms with van der Waals surface area (Å²) in [5.41, 5.74) is 2.15. The molecule has 1 saturated heterocycles. The number of hydrogen-bond acceptors (Lipinski definition) is 4. The number of nitrogens with zero attached hydrogens (tertiary/aromatic N) is 3. The smallest absolute Gasteiger partial charge is 0.251 e. The van der Waals surface area contributed by atoms with E-state index in [9.17, 15) is 9.59 Å². The number of carbonyl (C=O) groups is 2. The molecule has 0 radical (unpaired) electrons. The predicted octanol–water partition coefficient (Wildman–Crippen LogP) is 3.70. The molecule has 1 heterocycles. The van der Waals surface area contributed by atoms with Gasteiger partial charge in [0, 0.05) is 42.5 Å². The summed E-state index contributed by atoms with van der Waals surface area (Å²) < 4.78 is 0. The van der Waals surface area contributed by atoms with Gasteiger partial charge in [-0.05, 0) is 60.9 Å². The molecule has 1 atom stereocenters. The van der Waals surface area contributed by atoms with Crippen molar-refractivity contribution in [2.75, 3.05) is 31.1 Å². The standard InChI is InChI=1S/C24H27ClN4O2/c1-17(2)22(27-23(30)19-6-8-20(25)9-7-19)24(31)29-13-3-12-28(14-15-29)21-10-4-18(16-26)5-11-21/h4-11,17,22H,3,12-15H2,1-2H3,(H,27,30). The maximum atomic E-state index is 13.3. The molecule has 0 aliphatic carbocycles. The van der Waals surface area contributed by atoms with Crippen molar-refractivity contribution in [1.29, 1.82) is 5.26 Å². The van der Waals surface area contributed by atoms with E-state index in [1.807, 2.05) is 43.0 Å². The van der Waals surface area contributed by atoms with E-state index < -0.39 is 6.04 Å². The zero-order valence-electron chi connectivity index (χ0n) is 17.8. The van der Waals surface area contributed by atoms with E-state index in [1.165, 1.54) is 0 Å². The van der Waals surface area contributed by atoms with Crippen molar-refractivity contribution in [2.24, 2.45) is 5.92 Å². The van der Waals surface area contributed by atoms with Gasteiger partial charge in [0.15, 0.2) is 0 Å². The van der Waals surface area contributed by atoms with Crippen LogP contribution >= 0.6 is 11.6 Å². The molecule has 6 nitrogen and oxygen atoms in total. The zero-order chi connectivity index (χ0) is 22.4. The molecule has 1 unspecified atom stereocenters. The Morgan fingerprint density at radius 1 is 1.00 bits per heavy atom. The lowest BCUT2D eigenvalue weighted by Gasteiger charge is -2.29. The van der Waals surface area contributed by atoms with Gasteiger partial charge in [-0.25, -0.2) is 0 Å². The minimum atomic E-state index is -0.593. The second-order valence-corrected chi connectivity index (χ2v) is 8.46. The monoisotopic (exact) mass is 438 g/mol. The number of nitrogens with one attached hydrogen (secondary N) is 1. The normalized spacial score (nSPS) is 15.2. The largest absolute Gasteiger partial charge is 0.370 e. The van der Waals surface area contributed by atoms with Gasteiger partial charge >= 0.3 is 0 Å². The molecule has 1 aliphatic heterocycles. The van der Waals surface area contributed by atoms with E-state index >= 15 is 0 Å². The van der Waals surface area contributed by atoms with E-state index in [-0.39, 0.29) is 17.7 Å². The predicted molar refractivity (Wildman–Crippen MR) is 122 cm³/mol. The van der Waals surface area contributed by atoms with Crippen molar-refractivity contribution in [3.8, 4) is 6.07 Å². The first-order valence-electron chi connectivity index (χ1n) is 10.5. The highest BCUT2D eigenvalue weighted by atomic mass is 35.5. The molecule has 2 amide bonds. The second kappa shape index (κ2) is 10.3. The Bertz CT molecular complexity index is 951. The van der Waals surface area contributed by atoms with E-state index in [0.717, 1.165) is 18.7 Å². The first-order chi connectivity index (χ1) is 14.9. The molecular weight excluding hydrogens is 412 g/mol. The third-order valence-corrected chi connectivity index (χ3v) is 5.75. The maximum Gasteiger partial charge on any atom is 0.251 e. The summed E-state index contributed by atoms with van der Waals surface area (Å²) in [4.78, 5) is 30.0. The van der Waals surface area contributed by atoms with E-state index in [2.05, 4.69) is 16.3 Å². The fraction of sp³-hybridized carbons (Fsp3) is 0.375. The van der Waals surface area contributed by atoms with Gasteiger partial charge in [0.2, 0.25) is 5.91 Å². The Kier molecular flexibility index (Phi) is 7.54. The van der Waals surface area contributed by atoms with Crippen molar-refractivity contribution in [2.45, 2.75) is 26.3 Å². The lowest BCUT2D eigenvalue weighted by Crippen LogP contribution is -2.52. The molecule has 1 fully saturated rings. The Morgan fingerprint density at radius 3 is 2.29 bits per heavy atom. The lowest BCUT2D eigenvalue weighted by atomic mass is 10.0. The summed E-state index contributed by atoms with van der Waals surface area (Å²) in [6, 6.07) is 15.7. The first kappa shape index (κ1) is 22.6. The van der Waals surface area contributed by atoms with Gasteiger partial charge in [-0.15, -0.1) is 0 Å². The number of nitriles is 1. The third-order valence-electron chi connectivity index (χ3n) is 5.49. The van der Waals surface area contributed by atoms with Crippen molar-refractivity contribution < 1.29 is 9.59 Å². The van der Waals surface area contributed by atoms with Gasteiger partial charge in [0.05, 0.1) is 11.6 Å². The molecule has 1 aliphatic rings. The molecule has 7 heteroatoms. The number of anilines is 1. The Balaban J connectivity index is 1.65. The van der Waals surface area contributed by atoms with Crippen molar-refractivity contribution in [3.05, 3.63) is 64.7 Å². The minimum absolute atomic E-state index is 0.0402. The van der Waals surface area contributed by atoms with Gasteiger partial charge < -0.3 is 15.1 Å². The van der Waals surface area contributed by atoms with Crippen LogP contribution < -0.4 is 10.2 Å². The van der Waals surface area contributed by atoms with Crippen LogP contribution in [-0.4, -0.2) is 48.9 Å². The summed E-state index contributed by atoms with van der Waals surface area (Å²) in [6.07, 6.45) is 0.835. The fourth-order valence-corrected chi connectivity index (χ4v) is 3.80. The third kappa shape index (κ3) is 5.77. The van der Waals surface area contributed by atoms with Crippen molar-refractivity contribution in [1.82, 2.24) is 10.2 Å². The van der Waals surface area contributed by atoms with Gasteiger partial charge in [0.25, 0.3) is 5.91 Å². The highest BCUT2D eigenvalue weighted by Gasteiger charge is 2.30. The summed E-state index contributed by atoms with van der Waals surface area (Å²) in [6.45, 7) is 6.63. The molecule has 0 saturated carbocycles. The van der Waals surface area contributed by atoms with Crippen LogP contribution in [0.1, 0.15) is 36.2 Å². The highest BCUT2D eigenvalue weighted by molar-refractivity contribution is 6.30. The van der Waals surface area contributed by atoms with Crippen LogP contribution in [0.15, 0.2) is 48.5 Å². The molecule has 2 aromatic rings. The number of hydrogen-bond donors (Lipinski definition) is 1. The molecule has 0 spiro atoms. The number of carbonyl (C=O) groups excluding carboxylic acids is 2. The minimum Gasteiger partial charge on any atom is -0.370 e. The van der Waals surface area contributed by atoms with Gasteiger partial charge in [0.1, 0.15) is 6.04 Å². The van der Waals surface area contributed by atoms with Gasteiger partial charge in [-0.1, -0.05) is 25.4 Å². The summed E-state index contributed by atoms with van der Waals surface area (Å²) in [5.74, 6) is -0.377. The van der Waals surface area contributed by atoms with Crippen LogP contribution in [-0.2, 0) is 4.79 Å². The SMILES string of the molecule is CC(C)C(NC(=O)c1ccc(Cl)cc1)C(=O)N1CCCN(c2ccc(C#N)cc2)CC1. The Labute approximate surface area is 188 Å². The number of rotatable bonds is 5. The van der Waals surface area contributed by atoms with E-state index in [1.54, 1.807) is 24.3 Å². The van der Waals surface area contributed by atoms with E-state index in [4.69, 9.17) is 16.9 Å². The number of benzene rings is 2. The quantitative estimate of drug-likeness (QED) is 0.772. The summed E-state index contributed by atoms with van der Waals surface area (Å²) in [7, 11) is 0. The van der Waals surface area contributed by atoms with Gasteiger partial charge in [-0.3, -0.25) is 9.59 Å². The summed E-state index contributed by atoms with van der Waals surface area (Å²) >= 11 is 5.90. The average molecular weight is 439 g/mol. The van der Waals surface area contributed by atoms with Gasteiger partial charge in [-0.2, -0.15) is 5.26 Å². The molecule has 0 bridgehead atoms.